The molecule has 0 unspecified atom stereocenters. The highest BCUT2D eigenvalue weighted by molar-refractivity contribution is 9.10. The first-order chi connectivity index (χ1) is 14.0. The van der Waals surface area contributed by atoms with Gasteiger partial charge in [-0.2, -0.15) is 0 Å². The van der Waals surface area contributed by atoms with Gasteiger partial charge in [0.05, 0.1) is 12.0 Å². The number of benzene rings is 2. The molecule has 7 nitrogen and oxygen atoms in total. The minimum absolute atomic E-state index is 0.0780. The Balaban J connectivity index is 1.52. The minimum Gasteiger partial charge on any atom is -0.348 e. The fraction of sp³-hybridized carbons (Fsp3) is 0.143. The maximum atomic E-state index is 12.7. The fourth-order valence-electron chi connectivity index (χ4n) is 2.91. The Kier molecular flexibility index (Phi) is 5.26. The van der Waals surface area contributed by atoms with Gasteiger partial charge in [-0.25, -0.2) is 4.98 Å². The Hall–Kier alpha value is -3.26. The van der Waals surface area contributed by atoms with E-state index in [4.69, 9.17) is 4.52 Å². The Morgan fingerprint density at radius 2 is 1.93 bits per heavy atom. The van der Waals surface area contributed by atoms with Crippen LogP contribution >= 0.6 is 15.9 Å². The average Bonchev–Trinajstić information content (AvgIpc) is 3.15. The summed E-state index contributed by atoms with van der Waals surface area (Å²) in [5.74, 6) is -0.207. The van der Waals surface area contributed by atoms with Crippen molar-refractivity contribution in [1.82, 2.24) is 14.7 Å². The molecule has 0 atom stereocenters. The number of halogens is 1. The molecule has 0 bridgehead atoms. The molecule has 0 saturated carbocycles. The number of aryl methyl sites for hydroxylation is 2. The van der Waals surface area contributed by atoms with Crippen LogP contribution in [0.5, 0.6) is 0 Å². The van der Waals surface area contributed by atoms with E-state index < -0.39 is 0 Å². The smallest absolute Gasteiger partial charge is 0.299 e. The zero-order valence-electron chi connectivity index (χ0n) is 15.6. The van der Waals surface area contributed by atoms with Crippen molar-refractivity contribution in [3.8, 4) is 11.3 Å². The molecular formula is C21H17BrN4O3. The standard InChI is InChI=1S/C21H17BrN4O3/c1-13-6-8-14(9-7-13)18-19-20(29-25-18)21(28)26(12-23-19)11-10-17(27)24-16-5-3-2-4-15(16)22/h2-9,12H,10-11H2,1H3,(H,24,27). The highest BCUT2D eigenvalue weighted by Gasteiger charge is 2.16. The van der Waals surface area contributed by atoms with E-state index in [2.05, 4.69) is 31.4 Å². The summed E-state index contributed by atoms with van der Waals surface area (Å²) in [6.07, 6.45) is 1.54. The number of carbonyl (C=O) groups is 1. The molecule has 0 aliphatic rings. The van der Waals surface area contributed by atoms with Gasteiger partial charge in [0.15, 0.2) is 0 Å². The highest BCUT2D eigenvalue weighted by atomic mass is 79.9. The van der Waals surface area contributed by atoms with E-state index in [0.29, 0.717) is 16.9 Å². The van der Waals surface area contributed by atoms with Gasteiger partial charge < -0.3 is 9.84 Å². The highest BCUT2D eigenvalue weighted by Crippen LogP contribution is 2.25. The first-order valence-electron chi connectivity index (χ1n) is 8.99. The van der Waals surface area contributed by atoms with Gasteiger partial charge in [-0.1, -0.05) is 47.1 Å². The van der Waals surface area contributed by atoms with Gasteiger partial charge in [-0.05, 0) is 35.0 Å². The lowest BCUT2D eigenvalue weighted by molar-refractivity contribution is -0.116. The lowest BCUT2D eigenvalue weighted by atomic mass is 10.1. The average molecular weight is 453 g/mol. The summed E-state index contributed by atoms with van der Waals surface area (Å²) in [4.78, 5) is 29.3. The Bertz CT molecular complexity index is 1250. The predicted octanol–water partition coefficient (Wildman–Crippen LogP) is 4.15. The van der Waals surface area contributed by atoms with Gasteiger partial charge >= 0.3 is 0 Å². The van der Waals surface area contributed by atoms with Crippen LogP contribution in [-0.4, -0.2) is 20.6 Å². The molecule has 2 aromatic heterocycles. The molecule has 0 radical (unpaired) electrons. The van der Waals surface area contributed by atoms with Crippen LogP contribution in [0.1, 0.15) is 12.0 Å². The van der Waals surface area contributed by atoms with Crippen molar-refractivity contribution >= 4 is 38.6 Å². The van der Waals surface area contributed by atoms with Gasteiger partial charge in [0.25, 0.3) is 11.1 Å². The lowest BCUT2D eigenvalue weighted by Gasteiger charge is -2.08. The van der Waals surface area contributed by atoms with E-state index in [1.807, 2.05) is 49.4 Å². The van der Waals surface area contributed by atoms with Gasteiger partial charge in [-0.3, -0.25) is 14.2 Å². The predicted molar refractivity (Wildman–Crippen MR) is 114 cm³/mol. The van der Waals surface area contributed by atoms with E-state index in [-0.39, 0.29) is 30.0 Å². The van der Waals surface area contributed by atoms with Crippen molar-refractivity contribution in [1.29, 1.82) is 0 Å². The van der Waals surface area contributed by atoms with Crippen molar-refractivity contribution in [2.24, 2.45) is 0 Å². The Morgan fingerprint density at radius 3 is 2.69 bits per heavy atom. The van der Waals surface area contributed by atoms with Gasteiger partial charge in [0, 0.05) is 23.0 Å². The van der Waals surface area contributed by atoms with Crippen LogP contribution in [0.2, 0.25) is 0 Å². The van der Waals surface area contributed by atoms with Crippen molar-refractivity contribution in [2.45, 2.75) is 19.9 Å². The number of fused-ring (bicyclic) bond motifs is 1. The molecule has 8 heteroatoms. The van der Waals surface area contributed by atoms with Crippen molar-refractivity contribution in [2.75, 3.05) is 5.32 Å². The van der Waals surface area contributed by atoms with Crippen LogP contribution in [0, 0.1) is 6.92 Å². The maximum absolute atomic E-state index is 12.7. The van der Waals surface area contributed by atoms with Crippen LogP contribution in [0.25, 0.3) is 22.4 Å². The molecule has 0 aliphatic heterocycles. The third-order valence-corrected chi connectivity index (χ3v) is 5.19. The molecule has 2 aromatic carbocycles. The van der Waals surface area contributed by atoms with Crippen molar-refractivity contribution in [3.63, 3.8) is 0 Å². The number of amides is 1. The number of anilines is 1. The number of para-hydroxylation sites is 1. The van der Waals surface area contributed by atoms with Crippen LogP contribution in [0.4, 0.5) is 5.69 Å². The molecule has 4 aromatic rings. The zero-order chi connectivity index (χ0) is 20.4. The number of nitrogens with one attached hydrogen (secondary N) is 1. The molecular weight excluding hydrogens is 436 g/mol. The van der Waals surface area contributed by atoms with E-state index in [1.165, 1.54) is 10.9 Å². The number of nitrogens with zero attached hydrogens (tertiary/aromatic N) is 3. The zero-order valence-corrected chi connectivity index (χ0v) is 17.1. The van der Waals surface area contributed by atoms with E-state index in [9.17, 15) is 9.59 Å². The molecule has 146 valence electrons. The maximum Gasteiger partial charge on any atom is 0.299 e. The summed E-state index contributed by atoms with van der Waals surface area (Å²) >= 11 is 3.39. The number of carbonyl (C=O) groups excluding carboxylic acids is 1. The molecule has 0 spiro atoms. The van der Waals surface area contributed by atoms with Gasteiger partial charge in [-0.15, -0.1) is 0 Å². The Morgan fingerprint density at radius 1 is 1.17 bits per heavy atom. The van der Waals surface area contributed by atoms with Gasteiger partial charge in [0.2, 0.25) is 5.91 Å². The van der Waals surface area contributed by atoms with Gasteiger partial charge in [0.1, 0.15) is 11.2 Å². The van der Waals surface area contributed by atoms with Crippen LogP contribution in [0.15, 0.2) is 68.6 Å². The quantitative estimate of drug-likeness (QED) is 0.491. The fourth-order valence-corrected chi connectivity index (χ4v) is 3.30. The Labute approximate surface area is 174 Å². The molecule has 0 saturated heterocycles. The first-order valence-corrected chi connectivity index (χ1v) is 9.78. The lowest BCUT2D eigenvalue weighted by Crippen LogP contribution is -2.23. The normalized spacial score (nSPS) is 11.0. The van der Waals surface area contributed by atoms with Crippen molar-refractivity contribution < 1.29 is 9.32 Å². The number of rotatable bonds is 5. The monoisotopic (exact) mass is 452 g/mol. The number of hydrogen-bond acceptors (Lipinski definition) is 5. The number of aromatic nitrogens is 3. The summed E-state index contributed by atoms with van der Waals surface area (Å²) in [7, 11) is 0. The second-order valence-corrected chi connectivity index (χ2v) is 7.45. The molecule has 1 N–H and O–H groups in total. The van der Waals surface area contributed by atoms with E-state index in [0.717, 1.165) is 15.6 Å². The summed E-state index contributed by atoms with van der Waals surface area (Å²) in [5.41, 5.74) is 3.27. The molecule has 0 aliphatic carbocycles. The molecule has 1 amide bonds. The van der Waals surface area contributed by atoms with E-state index >= 15 is 0 Å². The van der Waals surface area contributed by atoms with E-state index in [1.54, 1.807) is 6.07 Å². The second-order valence-electron chi connectivity index (χ2n) is 6.60. The summed E-state index contributed by atoms with van der Waals surface area (Å²) < 4.78 is 7.41. The topological polar surface area (TPSA) is 90.0 Å². The molecule has 4 rings (SSSR count). The summed E-state index contributed by atoms with van der Waals surface area (Å²) in [6.45, 7) is 2.17. The second kappa shape index (κ2) is 8.00. The SMILES string of the molecule is Cc1ccc(-c2noc3c(=O)n(CCC(=O)Nc4ccccc4Br)cnc23)cc1. The first kappa shape index (κ1) is 19.1. The third-order valence-electron chi connectivity index (χ3n) is 4.50. The van der Waals surface area contributed by atoms with Crippen LogP contribution < -0.4 is 10.9 Å². The largest absolute Gasteiger partial charge is 0.348 e. The molecule has 2 heterocycles. The molecule has 29 heavy (non-hydrogen) atoms. The van der Waals surface area contributed by atoms with Crippen LogP contribution in [-0.2, 0) is 11.3 Å². The number of hydrogen-bond donors (Lipinski definition) is 1. The summed E-state index contributed by atoms with van der Waals surface area (Å²) in [6, 6.07) is 15.1. The van der Waals surface area contributed by atoms with Crippen molar-refractivity contribution in [3.05, 3.63) is 75.2 Å². The molecule has 0 fully saturated rings. The van der Waals surface area contributed by atoms with Crippen LogP contribution in [0.3, 0.4) is 0 Å². The minimum atomic E-state index is -0.366. The third kappa shape index (κ3) is 3.97. The summed E-state index contributed by atoms with van der Waals surface area (Å²) in [5, 5.41) is 6.83.